The molecule has 0 spiro atoms. The maximum atomic E-state index is 15.0. The van der Waals surface area contributed by atoms with Crippen LogP contribution in [0.4, 0.5) is 27.5 Å². The molecular weight excluding hydrogens is 453 g/mol. The minimum absolute atomic E-state index is 0.115. The van der Waals surface area contributed by atoms with E-state index in [-0.39, 0.29) is 11.1 Å². The molecule has 0 unspecified atom stereocenters. The van der Waals surface area contributed by atoms with Crippen LogP contribution in [-0.4, -0.2) is 58.8 Å². The van der Waals surface area contributed by atoms with Crippen molar-refractivity contribution in [3.8, 4) is 11.3 Å². The van der Waals surface area contributed by atoms with Crippen LogP contribution < -0.4 is 10.2 Å². The smallest absolute Gasteiger partial charge is 0.229 e. The van der Waals surface area contributed by atoms with Gasteiger partial charge in [0, 0.05) is 42.9 Å². The van der Waals surface area contributed by atoms with Gasteiger partial charge in [-0.15, -0.1) is 0 Å². The average Bonchev–Trinajstić information content (AvgIpc) is 3.18. The fourth-order valence-corrected chi connectivity index (χ4v) is 5.50. The van der Waals surface area contributed by atoms with Crippen LogP contribution in [0.5, 0.6) is 0 Å². The van der Waals surface area contributed by atoms with Gasteiger partial charge in [0.1, 0.15) is 11.5 Å². The molecule has 1 aromatic carbocycles. The number of fused-ring (bicyclic) bond motifs is 1. The highest BCUT2D eigenvalue weighted by Crippen LogP contribution is 2.48. The van der Waals surface area contributed by atoms with Crippen LogP contribution >= 0.6 is 0 Å². The average molecular weight is 488 g/mol. The number of aromatic nitrogens is 3. The number of nitrogens with zero attached hydrogens (tertiary/aromatic N) is 6. The Labute approximate surface area is 212 Å². The molecule has 0 saturated carbocycles. The molecular formula is C28H34FN7. The minimum Gasteiger partial charge on any atom is -0.368 e. The Hall–Kier alpha value is -3.39. The van der Waals surface area contributed by atoms with Crippen molar-refractivity contribution in [2.45, 2.75) is 46.0 Å². The van der Waals surface area contributed by atoms with Crippen LogP contribution in [0.2, 0.25) is 0 Å². The Morgan fingerprint density at radius 2 is 1.75 bits per heavy atom. The highest BCUT2D eigenvalue weighted by atomic mass is 19.1. The van der Waals surface area contributed by atoms with E-state index < -0.39 is 5.82 Å². The molecule has 1 fully saturated rings. The number of aliphatic imine (C=N–C) groups is 1. The number of rotatable bonds is 6. The van der Waals surface area contributed by atoms with Crippen LogP contribution in [0.1, 0.15) is 44.7 Å². The van der Waals surface area contributed by atoms with E-state index in [9.17, 15) is 4.39 Å². The van der Waals surface area contributed by atoms with Crippen molar-refractivity contribution >= 4 is 28.9 Å². The lowest BCUT2D eigenvalue weighted by Crippen LogP contribution is -2.44. The van der Waals surface area contributed by atoms with Crippen LogP contribution in [0, 0.1) is 12.7 Å². The number of halogens is 1. The van der Waals surface area contributed by atoms with E-state index in [1.165, 1.54) is 6.20 Å². The van der Waals surface area contributed by atoms with Crippen LogP contribution in [0.25, 0.3) is 11.3 Å². The zero-order chi connectivity index (χ0) is 25.4. The molecule has 0 atom stereocenters. The first kappa shape index (κ1) is 24.3. The summed E-state index contributed by atoms with van der Waals surface area (Å²) in [5, 5.41) is 3.14. The fraction of sp³-hybridized carbons (Fsp3) is 0.429. The molecule has 3 aromatic rings. The zero-order valence-electron chi connectivity index (χ0n) is 21.8. The summed E-state index contributed by atoms with van der Waals surface area (Å²) < 4.78 is 15.0. The molecule has 5 rings (SSSR count). The number of likely N-dealkylation sites (N-methyl/N-ethyl adjacent to an activating group) is 1. The standard InChI is InChI=1S/C28H34FN7/c1-6-28(7-2)19(4)32-25-18(3)14-20(15-22(25)28)26-23(29)17-31-27(34-26)33-24-9-8-21(16-30-24)36-12-10-35(5)11-13-36/h8-9,14-17H,6-7,10-13H2,1-5H3,(H,30,31,33,34). The normalized spacial score (nSPS) is 17.2. The predicted molar refractivity (Wildman–Crippen MR) is 144 cm³/mol. The lowest BCUT2D eigenvalue weighted by atomic mass is 9.73. The Balaban J connectivity index is 1.41. The summed E-state index contributed by atoms with van der Waals surface area (Å²) in [5.41, 5.74) is 6.32. The third-order valence-corrected chi connectivity index (χ3v) is 7.87. The number of benzene rings is 1. The predicted octanol–water partition coefficient (Wildman–Crippen LogP) is 5.65. The van der Waals surface area contributed by atoms with Gasteiger partial charge in [0.2, 0.25) is 5.95 Å². The highest BCUT2D eigenvalue weighted by Gasteiger charge is 2.39. The molecule has 7 nitrogen and oxygen atoms in total. The van der Waals surface area contributed by atoms with Crippen LogP contribution in [-0.2, 0) is 5.41 Å². The van der Waals surface area contributed by atoms with Gasteiger partial charge in [0.25, 0.3) is 0 Å². The number of hydrogen-bond donors (Lipinski definition) is 1. The summed E-state index contributed by atoms with van der Waals surface area (Å²) in [6, 6.07) is 7.99. The molecule has 36 heavy (non-hydrogen) atoms. The van der Waals surface area contributed by atoms with Gasteiger partial charge in [0.15, 0.2) is 5.82 Å². The summed E-state index contributed by atoms with van der Waals surface area (Å²) in [4.78, 5) is 22.8. The van der Waals surface area contributed by atoms with E-state index in [0.717, 1.165) is 72.8 Å². The zero-order valence-corrected chi connectivity index (χ0v) is 21.8. The number of nitrogens with one attached hydrogen (secondary N) is 1. The number of aryl methyl sites for hydroxylation is 1. The summed E-state index contributed by atoms with van der Waals surface area (Å²) in [6.07, 6.45) is 4.98. The van der Waals surface area contributed by atoms with Gasteiger partial charge in [-0.05, 0) is 69.1 Å². The molecule has 2 aliphatic heterocycles. The van der Waals surface area contributed by atoms with Crippen molar-refractivity contribution in [2.24, 2.45) is 4.99 Å². The van der Waals surface area contributed by atoms with E-state index in [1.807, 2.05) is 31.3 Å². The molecule has 4 heterocycles. The molecule has 1 N–H and O–H groups in total. The Morgan fingerprint density at radius 3 is 2.42 bits per heavy atom. The van der Waals surface area contributed by atoms with Crippen molar-refractivity contribution in [2.75, 3.05) is 43.4 Å². The van der Waals surface area contributed by atoms with Crippen molar-refractivity contribution in [3.05, 3.63) is 53.6 Å². The first-order chi connectivity index (χ1) is 17.3. The molecule has 188 valence electrons. The van der Waals surface area contributed by atoms with Crippen molar-refractivity contribution < 1.29 is 4.39 Å². The Bertz CT molecular complexity index is 1290. The van der Waals surface area contributed by atoms with Crippen molar-refractivity contribution in [1.82, 2.24) is 19.9 Å². The first-order valence-corrected chi connectivity index (χ1v) is 12.7. The van der Waals surface area contributed by atoms with E-state index in [1.54, 1.807) is 0 Å². The van der Waals surface area contributed by atoms with Crippen LogP contribution in [0.3, 0.4) is 0 Å². The lowest BCUT2D eigenvalue weighted by Gasteiger charge is -2.33. The summed E-state index contributed by atoms with van der Waals surface area (Å²) in [7, 11) is 2.14. The number of anilines is 3. The molecule has 1 saturated heterocycles. The van der Waals surface area contributed by atoms with Gasteiger partial charge in [-0.3, -0.25) is 4.99 Å². The van der Waals surface area contributed by atoms with Gasteiger partial charge < -0.3 is 15.1 Å². The third-order valence-electron chi connectivity index (χ3n) is 7.87. The monoisotopic (exact) mass is 487 g/mol. The molecule has 0 aliphatic carbocycles. The number of hydrogen-bond acceptors (Lipinski definition) is 7. The van der Waals surface area contributed by atoms with Crippen molar-refractivity contribution in [1.29, 1.82) is 0 Å². The van der Waals surface area contributed by atoms with Gasteiger partial charge in [-0.1, -0.05) is 13.8 Å². The minimum atomic E-state index is -0.451. The quantitative estimate of drug-likeness (QED) is 0.485. The van der Waals surface area contributed by atoms with Crippen LogP contribution in [0.15, 0.2) is 41.7 Å². The Morgan fingerprint density at radius 1 is 1.00 bits per heavy atom. The lowest BCUT2D eigenvalue weighted by molar-refractivity contribution is 0.313. The summed E-state index contributed by atoms with van der Waals surface area (Å²) in [5.74, 6) is 0.483. The van der Waals surface area contributed by atoms with Gasteiger partial charge in [-0.25, -0.2) is 19.3 Å². The Kier molecular flexibility index (Phi) is 6.47. The first-order valence-electron chi connectivity index (χ1n) is 12.7. The molecule has 8 heteroatoms. The maximum absolute atomic E-state index is 15.0. The second kappa shape index (κ2) is 9.58. The SMILES string of the molecule is CCC1(CC)C(C)=Nc2c(C)cc(-c3nc(Nc4ccc(N5CCN(C)CC5)cn4)ncc3F)cc21. The topological polar surface area (TPSA) is 69.5 Å². The van der Waals surface area contributed by atoms with E-state index >= 15 is 0 Å². The molecule has 0 amide bonds. The summed E-state index contributed by atoms with van der Waals surface area (Å²) >= 11 is 0. The second-order valence-electron chi connectivity index (χ2n) is 9.88. The molecule has 0 bridgehead atoms. The number of pyridine rings is 1. The van der Waals surface area contributed by atoms with Crippen molar-refractivity contribution in [3.63, 3.8) is 0 Å². The largest absolute Gasteiger partial charge is 0.368 e. The van der Waals surface area contributed by atoms with E-state index in [0.29, 0.717) is 11.8 Å². The number of piperazine rings is 1. The van der Waals surface area contributed by atoms with Gasteiger partial charge >= 0.3 is 0 Å². The third kappa shape index (κ3) is 4.23. The molecule has 0 radical (unpaired) electrons. The fourth-order valence-electron chi connectivity index (χ4n) is 5.50. The van der Waals surface area contributed by atoms with Gasteiger partial charge in [-0.2, -0.15) is 0 Å². The van der Waals surface area contributed by atoms with Gasteiger partial charge in [0.05, 0.1) is 23.8 Å². The molecule has 2 aliphatic rings. The van der Waals surface area contributed by atoms with E-state index in [2.05, 4.69) is 64.0 Å². The summed E-state index contributed by atoms with van der Waals surface area (Å²) in [6.45, 7) is 12.6. The highest BCUT2D eigenvalue weighted by molar-refractivity contribution is 6.01. The maximum Gasteiger partial charge on any atom is 0.229 e. The second-order valence-corrected chi connectivity index (χ2v) is 9.88. The van der Waals surface area contributed by atoms with E-state index in [4.69, 9.17) is 4.99 Å². The molecule has 2 aromatic heterocycles.